The summed E-state index contributed by atoms with van der Waals surface area (Å²) in [5, 5.41) is 3.98. The Bertz CT molecular complexity index is 1160. The molecule has 0 aliphatic carbocycles. The first kappa shape index (κ1) is 35.1. The zero-order valence-corrected chi connectivity index (χ0v) is 23.4. The molecule has 0 aromatic heterocycles. The van der Waals surface area contributed by atoms with E-state index in [9.17, 15) is 18.0 Å². The Balaban J connectivity index is 0.00000185. The number of allylic oxidation sites excluding steroid dienone is 4. The molecule has 0 unspecified atom stereocenters. The minimum absolute atomic E-state index is 0.0134. The van der Waals surface area contributed by atoms with Gasteiger partial charge in [0.2, 0.25) is 0 Å². The number of hydrogen-bond donors (Lipinski definition) is 1. The molecule has 0 saturated heterocycles. The standard InChI is InChI=1S/C25H27F3N2O2.C2H4O2.C2H6O/c1-5-8-16(2)21-12-6-9-17(3)22(21)15-32-30-18(4)23(29)14-24(31)19-10-7-11-20(13-19)25(26,27)28;1-4-2-3;1-3-2/h6-14H,5,15,29H2,1-4H3;2H,1H3;1-2H3/b16-8-,23-14-,30-18+;;. The number of hydrogen-bond acceptors (Lipinski definition) is 7. The predicted molar refractivity (Wildman–Crippen MR) is 147 cm³/mol. The number of halogens is 3. The van der Waals surface area contributed by atoms with Crippen LogP contribution in [0.5, 0.6) is 0 Å². The molecule has 0 aliphatic rings. The van der Waals surface area contributed by atoms with E-state index in [0.29, 0.717) is 6.47 Å². The van der Waals surface area contributed by atoms with Gasteiger partial charge in [0.25, 0.3) is 6.47 Å². The van der Waals surface area contributed by atoms with Crippen molar-refractivity contribution in [2.45, 2.75) is 46.9 Å². The van der Waals surface area contributed by atoms with Crippen molar-refractivity contribution in [1.29, 1.82) is 0 Å². The summed E-state index contributed by atoms with van der Waals surface area (Å²) >= 11 is 0. The molecule has 10 heteroatoms. The van der Waals surface area contributed by atoms with E-state index in [1.807, 2.05) is 32.0 Å². The lowest BCUT2D eigenvalue weighted by atomic mass is 9.97. The molecule has 2 rings (SSSR count). The van der Waals surface area contributed by atoms with Gasteiger partial charge < -0.3 is 20.0 Å². The Kier molecular flexibility index (Phi) is 16.5. The van der Waals surface area contributed by atoms with Gasteiger partial charge in [0.1, 0.15) is 6.61 Å². The molecule has 0 fully saturated rings. The van der Waals surface area contributed by atoms with E-state index in [-0.39, 0.29) is 23.6 Å². The summed E-state index contributed by atoms with van der Waals surface area (Å²) in [5.41, 5.74) is 9.42. The molecule has 0 atom stereocenters. The van der Waals surface area contributed by atoms with Crippen molar-refractivity contribution in [3.8, 4) is 0 Å². The van der Waals surface area contributed by atoms with Gasteiger partial charge in [0, 0.05) is 31.4 Å². The van der Waals surface area contributed by atoms with Crippen molar-refractivity contribution >= 4 is 23.5 Å². The zero-order valence-electron chi connectivity index (χ0n) is 23.4. The van der Waals surface area contributed by atoms with Crippen LogP contribution in [0.15, 0.2) is 65.5 Å². The average molecular weight is 551 g/mol. The highest BCUT2D eigenvalue weighted by Gasteiger charge is 2.30. The lowest BCUT2D eigenvalue weighted by Gasteiger charge is -2.12. The first-order chi connectivity index (χ1) is 18.4. The summed E-state index contributed by atoms with van der Waals surface area (Å²) in [6, 6.07) is 10.2. The van der Waals surface area contributed by atoms with Gasteiger partial charge >= 0.3 is 6.18 Å². The maximum atomic E-state index is 12.9. The fraction of sp³-hybridized carbons (Fsp3) is 0.345. The summed E-state index contributed by atoms with van der Waals surface area (Å²) in [6.07, 6.45) is -0.438. The van der Waals surface area contributed by atoms with Gasteiger partial charge in [-0.1, -0.05) is 48.5 Å². The Morgan fingerprint density at radius 1 is 1.08 bits per heavy atom. The van der Waals surface area contributed by atoms with Crippen molar-refractivity contribution in [3.63, 3.8) is 0 Å². The third-order valence-electron chi connectivity index (χ3n) is 5.03. The number of nitrogens with two attached hydrogens (primary N) is 1. The van der Waals surface area contributed by atoms with Crippen LogP contribution in [0.3, 0.4) is 0 Å². The molecular formula is C29H37F3N2O5. The third kappa shape index (κ3) is 12.9. The normalized spacial score (nSPS) is 11.9. The van der Waals surface area contributed by atoms with Crippen LogP contribution in [0.4, 0.5) is 13.2 Å². The van der Waals surface area contributed by atoms with E-state index in [4.69, 9.17) is 15.4 Å². The number of oxime groups is 1. The van der Waals surface area contributed by atoms with E-state index in [1.54, 1.807) is 21.1 Å². The van der Waals surface area contributed by atoms with Crippen LogP contribution in [0.1, 0.15) is 59.8 Å². The van der Waals surface area contributed by atoms with E-state index < -0.39 is 17.5 Å². The molecule has 0 spiro atoms. The summed E-state index contributed by atoms with van der Waals surface area (Å²) in [4.78, 5) is 26.8. The molecule has 0 radical (unpaired) electrons. The van der Waals surface area contributed by atoms with E-state index >= 15 is 0 Å². The Hall–Kier alpha value is -3.92. The number of methoxy groups -OCH3 is 2. The number of alkyl halides is 3. The summed E-state index contributed by atoms with van der Waals surface area (Å²) in [7, 11) is 4.56. The molecular weight excluding hydrogens is 513 g/mol. The second kappa shape index (κ2) is 18.4. The predicted octanol–water partition coefficient (Wildman–Crippen LogP) is 6.50. The number of benzene rings is 2. The van der Waals surface area contributed by atoms with Crippen LogP contribution in [0.2, 0.25) is 0 Å². The quantitative estimate of drug-likeness (QED) is 0.126. The molecule has 2 aromatic rings. The summed E-state index contributed by atoms with van der Waals surface area (Å²) in [6.45, 7) is 8.24. The monoisotopic (exact) mass is 550 g/mol. The van der Waals surface area contributed by atoms with Crippen molar-refractivity contribution in [2.24, 2.45) is 10.9 Å². The van der Waals surface area contributed by atoms with Crippen LogP contribution in [0.25, 0.3) is 5.57 Å². The van der Waals surface area contributed by atoms with Gasteiger partial charge in [-0.3, -0.25) is 9.59 Å². The third-order valence-corrected chi connectivity index (χ3v) is 5.03. The fourth-order valence-electron chi connectivity index (χ4n) is 3.10. The first-order valence-corrected chi connectivity index (χ1v) is 11.9. The molecule has 7 nitrogen and oxygen atoms in total. The lowest BCUT2D eigenvalue weighted by Crippen LogP contribution is -2.12. The van der Waals surface area contributed by atoms with Gasteiger partial charge in [0.15, 0.2) is 5.78 Å². The van der Waals surface area contributed by atoms with Crippen LogP contribution in [0, 0.1) is 6.92 Å². The molecule has 0 heterocycles. The van der Waals surface area contributed by atoms with Crippen LogP contribution < -0.4 is 5.73 Å². The van der Waals surface area contributed by atoms with Crippen LogP contribution >= 0.6 is 0 Å². The molecule has 0 aliphatic heterocycles. The number of nitrogens with zero attached hydrogens (tertiary/aromatic N) is 1. The summed E-state index contributed by atoms with van der Waals surface area (Å²) < 4.78 is 46.7. The minimum atomic E-state index is -4.53. The highest BCUT2D eigenvalue weighted by atomic mass is 19.4. The van der Waals surface area contributed by atoms with Gasteiger partial charge in [-0.2, -0.15) is 13.2 Å². The second-order valence-corrected chi connectivity index (χ2v) is 8.13. The van der Waals surface area contributed by atoms with Crippen LogP contribution in [-0.2, 0) is 31.9 Å². The minimum Gasteiger partial charge on any atom is -0.471 e. The van der Waals surface area contributed by atoms with Gasteiger partial charge in [0.05, 0.1) is 24.1 Å². The smallest absolute Gasteiger partial charge is 0.416 e. The lowest BCUT2D eigenvalue weighted by molar-refractivity contribution is -0.137. The average Bonchev–Trinajstić information content (AvgIpc) is 2.89. The molecule has 214 valence electrons. The fourth-order valence-corrected chi connectivity index (χ4v) is 3.10. The number of carbonyl (C=O) groups is 2. The van der Waals surface area contributed by atoms with E-state index in [2.05, 4.69) is 27.6 Å². The number of ether oxygens (including phenoxy) is 2. The molecule has 39 heavy (non-hydrogen) atoms. The van der Waals surface area contributed by atoms with Crippen molar-refractivity contribution in [1.82, 2.24) is 0 Å². The zero-order chi connectivity index (χ0) is 30.0. The van der Waals surface area contributed by atoms with E-state index in [1.165, 1.54) is 19.2 Å². The summed E-state index contributed by atoms with van der Waals surface area (Å²) in [5.74, 6) is -0.648. The van der Waals surface area contributed by atoms with Gasteiger partial charge in [-0.25, -0.2) is 0 Å². The highest BCUT2D eigenvalue weighted by molar-refractivity contribution is 6.10. The molecule has 0 saturated carbocycles. The SMILES string of the molecule is CC/C=C(/C)c1cccc(C)c1CO/N=C(C)/C(N)=C/C(=O)c1cccc(C(F)(F)F)c1.COC.COC=O. The molecule has 0 bridgehead atoms. The number of ketones is 1. The first-order valence-electron chi connectivity index (χ1n) is 11.9. The number of carbonyl (C=O) groups excluding carboxylic acids is 2. The number of aryl methyl sites for hydroxylation is 1. The second-order valence-electron chi connectivity index (χ2n) is 8.13. The van der Waals surface area contributed by atoms with Crippen molar-refractivity contribution < 1.29 is 37.1 Å². The van der Waals surface area contributed by atoms with E-state index in [0.717, 1.165) is 46.9 Å². The largest absolute Gasteiger partial charge is 0.471 e. The Morgan fingerprint density at radius 3 is 2.21 bits per heavy atom. The molecule has 0 amide bonds. The molecule has 2 N–H and O–H groups in total. The topological polar surface area (TPSA) is 100 Å². The van der Waals surface area contributed by atoms with Crippen molar-refractivity contribution in [3.05, 3.63) is 88.1 Å². The van der Waals surface area contributed by atoms with Crippen LogP contribution in [-0.4, -0.2) is 39.3 Å². The highest BCUT2D eigenvalue weighted by Crippen LogP contribution is 2.29. The van der Waals surface area contributed by atoms with Gasteiger partial charge in [-0.05, 0) is 56.0 Å². The number of rotatable bonds is 9. The Labute approximate surface area is 228 Å². The van der Waals surface area contributed by atoms with Crippen molar-refractivity contribution in [2.75, 3.05) is 21.3 Å². The Morgan fingerprint density at radius 2 is 1.67 bits per heavy atom. The van der Waals surface area contributed by atoms with Gasteiger partial charge in [-0.15, -0.1) is 0 Å². The molecule has 2 aromatic carbocycles. The maximum absolute atomic E-state index is 12.9. The maximum Gasteiger partial charge on any atom is 0.416 e.